The zero-order chi connectivity index (χ0) is 14.1. The zero-order valence-electron chi connectivity index (χ0n) is 11.3. The normalized spacial score (nSPS) is 22.4. The van der Waals surface area contributed by atoms with E-state index in [9.17, 15) is 4.79 Å². The number of hydrogen-bond donors (Lipinski definition) is 1. The molecule has 0 saturated carbocycles. The van der Waals surface area contributed by atoms with Gasteiger partial charge in [-0.25, -0.2) is 0 Å². The van der Waals surface area contributed by atoms with Crippen molar-refractivity contribution in [2.45, 2.75) is 19.4 Å². The van der Waals surface area contributed by atoms with Crippen LogP contribution in [0.1, 0.15) is 23.8 Å². The smallest absolute Gasteiger partial charge is 0.276 e. The Bertz CT molecular complexity index is 593. The molecule has 2 aromatic heterocycles. The monoisotopic (exact) mass is 291 g/mol. The molecule has 20 heavy (non-hydrogen) atoms. The van der Waals surface area contributed by atoms with Gasteiger partial charge in [0.25, 0.3) is 5.91 Å². The molecule has 0 bridgehead atoms. The van der Waals surface area contributed by atoms with Crippen LogP contribution in [-0.2, 0) is 0 Å². The summed E-state index contributed by atoms with van der Waals surface area (Å²) in [5, 5.41) is 5.88. The molecular weight excluding hydrogens is 274 g/mol. The number of carbonyl (C=O) groups is 1. The maximum atomic E-state index is 12.5. The highest BCUT2D eigenvalue weighted by Crippen LogP contribution is 2.28. The Morgan fingerprint density at radius 3 is 3.15 bits per heavy atom. The minimum atomic E-state index is -0.0694. The van der Waals surface area contributed by atoms with Crippen molar-refractivity contribution >= 4 is 17.2 Å². The summed E-state index contributed by atoms with van der Waals surface area (Å²) in [4.78, 5) is 15.3. The van der Waals surface area contributed by atoms with Gasteiger partial charge in [0.15, 0.2) is 11.5 Å². The van der Waals surface area contributed by atoms with Gasteiger partial charge in [-0.1, -0.05) is 11.2 Å². The molecular formula is C14H17N3O2S. The Hall–Kier alpha value is -1.66. The Morgan fingerprint density at radius 2 is 2.50 bits per heavy atom. The molecule has 2 atom stereocenters. The summed E-state index contributed by atoms with van der Waals surface area (Å²) >= 11 is 1.56. The van der Waals surface area contributed by atoms with E-state index in [1.165, 1.54) is 0 Å². The van der Waals surface area contributed by atoms with Crippen molar-refractivity contribution < 1.29 is 9.32 Å². The fourth-order valence-electron chi connectivity index (χ4n) is 2.65. The Kier molecular flexibility index (Phi) is 3.58. The molecule has 5 nitrogen and oxygen atoms in total. The summed E-state index contributed by atoms with van der Waals surface area (Å²) < 4.78 is 5.27. The number of nitrogens with two attached hydrogens (primary N) is 1. The van der Waals surface area contributed by atoms with E-state index in [1.54, 1.807) is 17.4 Å². The predicted octanol–water partition coefficient (Wildman–Crippen LogP) is 2.21. The number of thiophene rings is 1. The molecule has 0 spiro atoms. The van der Waals surface area contributed by atoms with Gasteiger partial charge in [0, 0.05) is 18.7 Å². The minimum Gasteiger partial charge on any atom is -0.355 e. The lowest BCUT2D eigenvalue weighted by Gasteiger charge is -2.19. The molecule has 1 saturated heterocycles. The van der Waals surface area contributed by atoms with Crippen LogP contribution in [0.5, 0.6) is 0 Å². The van der Waals surface area contributed by atoms with Crippen LogP contribution in [0.2, 0.25) is 0 Å². The van der Waals surface area contributed by atoms with E-state index >= 15 is 0 Å². The van der Waals surface area contributed by atoms with E-state index in [4.69, 9.17) is 10.3 Å². The third kappa shape index (κ3) is 2.36. The number of amides is 1. The highest BCUT2D eigenvalue weighted by atomic mass is 32.1. The zero-order valence-corrected chi connectivity index (χ0v) is 12.1. The topological polar surface area (TPSA) is 72.4 Å². The van der Waals surface area contributed by atoms with Gasteiger partial charge in [-0.15, -0.1) is 11.3 Å². The molecule has 106 valence electrons. The SMILES string of the molecule is CC1CC(CN)CN1C(=O)c1cc(-c2cccs2)on1. The second kappa shape index (κ2) is 5.38. The van der Waals surface area contributed by atoms with Crippen molar-refractivity contribution in [1.29, 1.82) is 0 Å². The molecule has 0 aromatic carbocycles. The van der Waals surface area contributed by atoms with Crippen molar-refractivity contribution in [3.8, 4) is 10.6 Å². The average molecular weight is 291 g/mol. The van der Waals surface area contributed by atoms with Crippen LogP contribution in [0.4, 0.5) is 0 Å². The molecule has 1 amide bonds. The number of carbonyl (C=O) groups excluding carboxylic acids is 1. The lowest BCUT2D eigenvalue weighted by Crippen LogP contribution is -2.34. The van der Waals surface area contributed by atoms with Crippen molar-refractivity contribution in [2.75, 3.05) is 13.1 Å². The van der Waals surface area contributed by atoms with Gasteiger partial charge in [0.1, 0.15) is 0 Å². The van der Waals surface area contributed by atoms with Crippen molar-refractivity contribution in [1.82, 2.24) is 10.1 Å². The number of likely N-dealkylation sites (tertiary alicyclic amines) is 1. The number of nitrogens with zero attached hydrogens (tertiary/aromatic N) is 2. The Labute approximate surface area is 121 Å². The second-order valence-electron chi connectivity index (χ2n) is 5.20. The molecule has 0 radical (unpaired) electrons. The standard InChI is InChI=1S/C14H17N3O2S/c1-9-5-10(7-15)8-17(9)14(18)11-6-12(19-16-11)13-3-2-4-20-13/h2-4,6,9-10H,5,7-8,15H2,1H3. The predicted molar refractivity (Wildman–Crippen MR) is 77.5 cm³/mol. The molecule has 2 aromatic rings. The first-order valence-corrected chi connectivity index (χ1v) is 7.58. The van der Waals surface area contributed by atoms with Crippen LogP contribution < -0.4 is 5.73 Å². The van der Waals surface area contributed by atoms with Crippen molar-refractivity contribution in [2.24, 2.45) is 11.7 Å². The molecule has 3 heterocycles. The first kappa shape index (κ1) is 13.3. The van der Waals surface area contributed by atoms with Gasteiger partial charge >= 0.3 is 0 Å². The summed E-state index contributed by atoms with van der Waals surface area (Å²) in [5.74, 6) is 0.961. The largest absolute Gasteiger partial charge is 0.355 e. The van der Waals surface area contributed by atoms with E-state index < -0.39 is 0 Å². The fourth-order valence-corrected chi connectivity index (χ4v) is 3.33. The summed E-state index contributed by atoms with van der Waals surface area (Å²) in [6, 6.07) is 5.81. The minimum absolute atomic E-state index is 0.0694. The highest BCUT2D eigenvalue weighted by molar-refractivity contribution is 7.13. The first-order valence-electron chi connectivity index (χ1n) is 6.70. The van der Waals surface area contributed by atoms with Gasteiger partial charge < -0.3 is 15.2 Å². The van der Waals surface area contributed by atoms with Crippen LogP contribution in [0.25, 0.3) is 10.6 Å². The molecule has 3 rings (SSSR count). The van der Waals surface area contributed by atoms with Crippen molar-refractivity contribution in [3.63, 3.8) is 0 Å². The lowest BCUT2D eigenvalue weighted by atomic mass is 10.1. The van der Waals surface area contributed by atoms with Crippen LogP contribution >= 0.6 is 11.3 Å². The second-order valence-corrected chi connectivity index (χ2v) is 6.15. The maximum absolute atomic E-state index is 12.5. The lowest BCUT2D eigenvalue weighted by molar-refractivity contribution is 0.0733. The van der Waals surface area contributed by atoms with E-state index in [0.717, 1.165) is 11.3 Å². The molecule has 2 unspecified atom stereocenters. The van der Waals surface area contributed by atoms with Crippen molar-refractivity contribution in [3.05, 3.63) is 29.3 Å². The van der Waals surface area contributed by atoms with Gasteiger partial charge in [-0.3, -0.25) is 4.79 Å². The summed E-state index contributed by atoms with van der Waals surface area (Å²) in [6.07, 6.45) is 0.956. The van der Waals surface area contributed by atoms with Crippen LogP contribution in [-0.4, -0.2) is 35.1 Å². The van der Waals surface area contributed by atoms with Crippen LogP contribution in [0.15, 0.2) is 28.1 Å². The number of rotatable bonds is 3. The first-order chi connectivity index (χ1) is 9.69. The molecule has 0 aliphatic carbocycles. The fraction of sp³-hybridized carbons (Fsp3) is 0.429. The van der Waals surface area contributed by atoms with Crippen LogP contribution in [0, 0.1) is 5.92 Å². The molecule has 1 fully saturated rings. The molecule has 6 heteroatoms. The third-order valence-corrected chi connectivity index (χ3v) is 4.63. The number of hydrogen-bond acceptors (Lipinski definition) is 5. The molecule has 2 N–H and O–H groups in total. The Morgan fingerprint density at radius 1 is 1.65 bits per heavy atom. The van der Waals surface area contributed by atoms with E-state index in [1.807, 2.05) is 29.3 Å². The third-order valence-electron chi connectivity index (χ3n) is 3.75. The van der Waals surface area contributed by atoms with Crippen LogP contribution in [0.3, 0.4) is 0 Å². The average Bonchev–Trinajstić information content (AvgIpc) is 3.17. The maximum Gasteiger partial charge on any atom is 0.276 e. The van der Waals surface area contributed by atoms with E-state index in [2.05, 4.69) is 5.16 Å². The highest BCUT2D eigenvalue weighted by Gasteiger charge is 2.33. The van der Waals surface area contributed by atoms with Gasteiger partial charge in [-0.2, -0.15) is 0 Å². The quantitative estimate of drug-likeness (QED) is 0.941. The van der Waals surface area contributed by atoms with E-state index in [0.29, 0.717) is 30.5 Å². The van der Waals surface area contributed by atoms with Gasteiger partial charge in [-0.05, 0) is 37.3 Å². The number of aromatic nitrogens is 1. The van der Waals surface area contributed by atoms with E-state index in [-0.39, 0.29) is 11.9 Å². The summed E-state index contributed by atoms with van der Waals surface area (Å²) in [5.41, 5.74) is 6.07. The summed E-state index contributed by atoms with van der Waals surface area (Å²) in [6.45, 7) is 3.37. The van der Waals surface area contributed by atoms with Gasteiger partial charge in [0.2, 0.25) is 0 Å². The summed E-state index contributed by atoms with van der Waals surface area (Å²) in [7, 11) is 0. The van der Waals surface area contributed by atoms with Gasteiger partial charge in [0.05, 0.1) is 4.88 Å². The molecule has 1 aliphatic rings. The Balaban J connectivity index is 1.78. The molecule has 1 aliphatic heterocycles.